The number of aliphatic imine (C=N–C) groups is 1. The average Bonchev–Trinajstić information content (AvgIpc) is 3.25. The number of benzene rings is 1. The number of carbonyl (C=O) groups is 3. The molecule has 0 aromatic heterocycles. The van der Waals surface area contributed by atoms with Crippen LogP contribution >= 0.6 is 0 Å². The number of hydrogen-bond acceptors (Lipinski definition) is 5. The zero-order valence-corrected chi connectivity index (χ0v) is 16.8. The van der Waals surface area contributed by atoms with Gasteiger partial charge in [-0.3, -0.25) is 14.6 Å². The topological polar surface area (TPSA) is 172 Å². The summed E-state index contributed by atoms with van der Waals surface area (Å²) in [5, 5.41) is 17.9. The van der Waals surface area contributed by atoms with Crippen molar-refractivity contribution in [3.05, 3.63) is 35.9 Å². The maximum absolute atomic E-state index is 12.8. The zero-order chi connectivity index (χ0) is 21.9. The van der Waals surface area contributed by atoms with Crippen molar-refractivity contribution < 1.29 is 19.5 Å². The molecule has 2 amide bonds. The molecular formula is C20H30N6O4. The van der Waals surface area contributed by atoms with Gasteiger partial charge in [0.15, 0.2) is 5.96 Å². The first kappa shape index (κ1) is 23.1. The molecule has 3 atom stereocenters. The van der Waals surface area contributed by atoms with Crippen molar-refractivity contribution >= 4 is 23.7 Å². The SMILES string of the molecule is NC(N)=NCCC[C@H](NC(=O)[C@@H]1CCCN1)C(=O)N[C@@H](Cc1ccccc1)C(=O)O. The second kappa shape index (κ2) is 11.8. The summed E-state index contributed by atoms with van der Waals surface area (Å²) in [5.41, 5.74) is 11.4. The molecule has 1 aromatic carbocycles. The van der Waals surface area contributed by atoms with Gasteiger partial charge in [0.05, 0.1) is 6.04 Å². The number of rotatable bonds is 11. The van der Waals surface area contributed by atoms with Crippen molar-refractivity contribution in [2.45, 2.75) is 50.2 Å². The van der Waals surface area contributed by atoms with E-state index < -0.39 is 24.0 Å². The number of carboxylic acids is 1. The Morgan fingerprint density at radius 1 is 1.17 bits per heavy atom. The third-order valence-electron chi connectivity index (χ3n) is 4.85. The van der Waals surface area contributed by atoms with Crippen LogP contribution < -0.4 is 27.4 Å². The number of guanidine groups is 1. The van der Waals surface area contributed by atoms with E-state index in [2.05, 4.69) is 20.9 Å². The van der Waals surface area contributed by atoms with Gasteiger partial charge >= 0.3 is 5.97 Å². The van der Waals surface area contributed by atoms with Crippen LogP contribution in [-0.2, 0) is 20.8 Å². The first-order valence-corrected chi connectivity index (χ1v) is 10.0. The van der Waals surface area contributed by atoms with Crippen molar-refractivity contribution in [3.63, 3.8) is 0 Å². The molecule has 1 heterocycles. The molecule has 30 heavy (non-hydrogen) atoms. The standard InChI is InChI=1S/C20H30N6O4/c21-20(22)24-11-5-9-15(25-17(27)14-8-4-10-23-14)18(28)26-16(19(29)30)12-13-6-2-1-3-7-13/h1-3,6-7,14-16,23H,4-5,8-12H2,(H,25,27)(H,26,28)(H,29,30)(H4,21,22,24)/t14-,15-,16-/m0/s1. The van der Waals surface area contributed by atoms with Gasteiger partial charge in [0.1, 0.15) is 12.1 Å². The lowest BCUT2D eigenvalue weighted by atomic mass is 10.0. The van der Waals surface area contributed by atoms with E-state index >= 15 is 0 Å². The number of nitrogens with two attached hydrogens (primary N) is 2. The highest BCUT2D eigenvalue weighted by molar-refractivity contribution is 5.92. The fourth-order valence-electron chi connectivity index (χ4n) is 3.28. The van der Waals surface area contributed by atoms with Crippen LogP contribution in [0.4, 0.5) is 0 Å². The van der Waals surface area contributed by atoms with E-state index in [1.54, 1.807) is 24.3 Å². The monoisotopic (exact) mass is 418 g/mol. The Balaban J connectivity index is 2.03. The molecule has 0 bridgehead atoms. The van der Waals surface area contributed by atoms with E-state index in [0.29, 0.717) is 19.4 Å². The molecule has 1 aliphatic rings. The number of nitrogens with zero attached hydrogens (tertiary/aromatic N) is 1. The summed E-state index contributed by atoms with van der Waals surface area (Å²) < 4.78 is 0. The molecule has 164 valence electrons. The predicted octanol–water partition coefficient (Wildman–Crippen LogP) is -0.911. The molecule has 10 nitrogen and oxygen atoms in total. The highest BCUT2D eigenvalue weighted by atomic mass is 16.4. The van der Waals surface area contributed by atoms with Crippen molar-refractivity contribution in [2.75, 3.05) is 13.1 Å². The maximum Gasteiger partial charge on any atom is 0.326 e. The summed E-state index contributed by atoms with van der Waals surface area (Å²) >= 11 is 0. The van der Waals surface area contributed by atoms with Gasteiger partial charge in [-0.2, -0.15) is 0 Å². The Bertz CT molecular complexity index is 745. The predicted molar refractivity (Wildman–Crippen MR) is 113 cm³/mol. The average molecular weight is 418 g/mol. The van der Waals surface area contributed by atoms with Crippen molar-refractivity contribution in [1.82, 2.24) is 16.0 Å². The number of aliphatic carboxylic acids is 1. The van der Waals surface area contributed by atoms with Crippen LogP contribution in [-0.4, -0.2) is 60.1 Å². The minimum Gasteiger partial charge on any atom is -0.480 e. The molecule has 10 heteroatoms. The molecule has 1 aliphatic heterocycles. The Kier molecular flexibility index (Phi) is 9.07. The van der Waals surface area contributed by atoms with Gasteiger partial charge in [-0.25, -0.2) is 4.79 Å². The normalized spacial score (nSPS) is 17.5. The van der Waals surface area contributed by atoms with Crippen LogP contribution in [0.25, 0.3) is 0 Å². The number of amides is 2. The molecule has 8 N–H and O–H groups in total. The van der Waals surface area contributed by atoms with Gasteiger partial charge in [-0.05, 0) is 37.8 Å². The summed E-state index contributed by atoms with van der Waals surface area (Å²) in [6, 6.07) is 6.68. The van der Waals surface area contributed by atoms with Gasteiger partial charge in [0, 0.05) is 13.0 Å². The largest absolute Gasteiger partial charge is 0.480 e. The quantitative estimate of drug-likeness (QED) is 0.153. The Morgan fingerprint density at radius 3 is 2.50 bits per heavy atom. The summed E-state index contributed by atoms with van der Waals surface area (Å²) in [4.78, 5) is 40.9. The second-order valence-electron chi connectivity index (χ2n) is 7.25. The summed E-state index contributed by atoms with van der Waals surface area (Å²) in [5.74, 6) is -2.02. The van der Waals surface area contributed by atoms with E-state index in [-0.39, 0.29) is 30.8 Å². The fraction of sp³-hybridized carbons (Fsp3) is 0.500. The van der Waals surface area contributed by atoms with Crippen molar-refractivity contribution in [3.8, 4) is 0 Å². The first-order chi connectivity index (χ1) is 14.4. The molecule has 0 unspecified atom stereocenters. The van der Waals surface area contributed by atoms with Crippen LogP contribution in [0.5, 0.6) is 0 Å². The third-order valence-corrected chi connectivity index (χ3v) is 4.85. The second-order valence-corrected chi connectivity index (χ2v) is 7.25. The maximum atomic E-state index is 12.8. The van der Waals surface area contributed by atoms with Crippen LogP contribution in [0.3, 0.4) is 0 Å². The van der Waals surface area contributed by atoms with E-state index in [9.17, 15) is 19.5 Å². The zero-order valence-electron chi connectivity index (χ0n) is 16.8. The van der Waals surface area contributed by atoms with E-state index in [1.807, 2.05) is 6.07 Å². The molecular weight excluding hydrogens is 388 g/mol. The summed E-state index contributed by atoms with van der Waals surface area (Å²) in [6.07, 6.45) is 2.45. The van der Waals surface area contributed by atoms with Crippen LogP contribution in [0.15, 0.2) is 35.3 Å². The lowest BCUT2D eigenvalue weighted by Crippen LogP contribution is -2.54. The Hall–Kier alpha value is -3.14. The summed E-state index contributed by atoms with van der Waals surface area (Å²) in [6.45, 7) is 1.05. The van der Waals surface area contributed by atoms with Gasteiger partial charge in [0.2, 0.25) is 11.8 Å². The molecule has 0 spiro atoms. The highest BCUT2D eigenvalue weighted by Crippen LogP contribution is 2.08. The van der Waals surface area contributed by atoms with Crippen LogP contribution in [0.2, 0.25) is 0 Å². The summed E-state index contributed by atoms with van der Waals surface area (Å²) in [7, 11) is 0. The molecule has 2 rings (SSSR count). The van der Waals surface area contributed by atoms with Crippen molar-refractivity contribution in [1.29, 1.82) is 0 Å². The van der Waals surface area contributed by atoms with E-state index in [4.69, 9.17) is 11.5 Å². The molecule has 0 aliphatic carbocycles. The molecule has 0 radical (unpaired) electrons. The molecule has 0 saturated carbocycles. The van der Waals surface area contributed by atoms with E-state index in [0.717, 1.165) is 18.5 Å². The van der Waals surface area contributed by atoms with E-state index in [1.165, 1.54) is 0 Å². The number of hydrogen-bond donors (Lipinski definition) is 6. The third kappa shape index (κ3) is 7.70. The lowest BCUT2D eigenvalue weighted by molar-refractivity contribution is -0.142. The Labute approximate surface area is 175 Å². The first-order valence-electron chi connectivity index (χ1n) is 10.0. The van der Waals surface area contributed by atoms with Crippen molar-refractivity contribution in [2.24, 2.45) is 16.5 Å². The van der Waals surface area contributed by atoms with Crippen LogP contribution in [0, 0.1) is 0 Å². The molecule has 1 saturated heterocycles. The highest BCUT2D eigenvalue weighted by Gasteiger charge is 2.29. The number of carbonyl (C=O) groups excluding carboxylic acids is 2. The van der Waals surface area contributed by atoms with Crippen LogP contribution in [0.1, 0.15) is 31.2 Å². The minimum absolute atomic E-state index is 0.0519. The molecule has 1 aromatic rings. The minimum atomic E-state index is -1.14. The Morgan fingerprint density at radius 2 is 1.90 bits per heavy atom. The van der Waals surface area contributed by atoms with Gasteiger partial charge in [0.25, 0.3) is 0 Å². The van der Waals surface area contributed by atoms with Gasteiger partial charge in [-0.1, -0.05) is 30.3 Å². The lowest BCUT2D eigenvalue weighted by Gasteiger charge is -2.23. The smallest absolute Gasteiger partial charge is 0.326 e. The number of nitrogens with one attached hydrogen (secondary N) is 3. The van der Waals surface area contributed by atoms with Gasteiger partial charge in [-0.15, -0.1) is 0 Å². The number of carboxylic acid groups (broad SMARTS) is 1. The fourth-order valence-corrected chi connectivity index (χ4v) is 3.28. The molecule has 1 fully saturated rings. The van der Waals surface area contributed by atoms with Gasteiger partial charge < -0.3 is 32.5 Å².